The van der Waals surface area contributed by atoms with E-state index in [0.717, 1.165) is 4.88 Å². The van der Waals surface area contributed by atoms with Crippen LogP contribution in [0, 0.1) is 13.8 Å². The molecule has 0 fully saturated rings. The fraction of sp³-hybridized carbons (Fsp3) is 0.333. The number of nitrogens with zero attached hydrogens (tertiary/aromatic N) is 5. The van der Waals surface area contributed by atoms with Gasteiger partial charge in [-0.15, -0.1) is 27.8 Å². The first-order chi connectivity index (χ1) is 12.5. The third-order valence-corrected chi connectivity index (χ3v) is 5.00. The standard InChI is InChI=1S/C15H16N6O3S2/c1-4-24-11(22)5-10-7-25-14(17-10)18-13(23)12-9(3)21(20-19-12)15-16-6-8(2)26-15/h6-7H,4-5H2,1-3H3,(H,17,18,23). The van der Waals surface area contributed by atoms with Crippen molar-refractivity contribution in [3.05, 3.63) is 33.5 Å². The Morgan fingerprint density at radius 2 is 2.15 bits per heavy atom. The summed E-state index contributed by atoms with van der Waals surface area (Å²) in [5.74, 6) is -0.771. The Labute approximate surface area is 157 Å². The molecule has 0 saturated heterocycles. The molecule has 0 aliphatic carbocycles. The predicted molar refractivity (Wildman–Crippen MR) is 96.9 cm³/mol. The first-order valence-corrected chi connectivity index (χ1v) is 9.44. The SMILES string of the molecule is CCOC(=O)Cc1csc(NC(=O)c2nnn(-c3ncc(C)s3)c2C)n1. The Balaban J connectivity index is 1.70. The van der Waals surface area contributed by atoms with Crippen LogP contribution in [0.4, 0.5) is 5.13 Å². The van der Waals surface area contributed by atoms with Crippen LogP contribution in [0.5, 0.6) is 0 Å². The number of nitrogens with one attached hydrogen (secondary N) is 1. The molecule has 0 spiro atoms. The van der Waals surface area contributed by atoms with Gasteiger partial charge in [0, 0.05) is 16.5 Å². The summed E-state index contributed by atoms with van der Waals surface area (Å²) >= 11 is 2.69. The predicted octanol–water partition coefficient (Wildman–Crippen LogP) is 2.16. The maximum atomic E-state index is 12.4. The zero-order valence-corrected chi connectivity index (χ0v) is 16.0. The highest BCUT2D eigenvalue weighted by atomic mass is 32.1. The molecule has 136 valence electrons. The summed E-state index contributed by atoms with van der Waals surface area (Å²) in [6.45, 7) is 5.75. The molecule has 0 aromatic carbocycles. The molecule has 0 aliphatic rings. The lowest BCUT2D eigenvalue weighted by atomic mass is 10.3. The summed E-state index contributed by atoms with van der Waals surface area (Å²) in [6, 6.07) is 0. The van der Waals surface area contributed by atoms with Crippen LogP contribution in [-0.2, 0) is 16.0 Å². The lowest BCUT2D eigenvalue weighted by Gasteiger charge is -2.00. The third kappa shape index (κ3) is 3.94. The van der Waals surface area contributed by atoms with Gasteiger partial charge in [-0.1, -0.05) is 5.21 Å². The molecule has 9 nitrogen and oxygen atoms in total. The Hall–Kier alpha value is -2.66. The van der Waals surface area contributed by atoms with E-state index >= 15 is 0 Å². The second-order valence-corrected chi connectivity index (χ2v) is 7.34. The zero-order valence-electron chi connectivity index (χ0n) is 14.3. The summed E-state index contributed by atoms with van der Waals surface area (Å²) in [7, 11) is 0. The van der Waals surface area contributed by atoms with E-state index in [1.54, 1.807) is 25.4 Å². The smallest absolute Gasteiger partial charge is 0.311 e. The molecular formula is C15H16N6O3S2. The Bertz CT molecular complexity index is 945. The maximum absolute atomic E-state index is 12.4. The fourth-order valence-electron chi connectivity index (χ4n) is 2.12. The van der Waals surface area contributed by atoms with Gasteiger partial charge in [0.05, 0.1) is 24.4 Å². The summed E-state index contributed by atoms with van der Waals surface area (Å²) in [4.78, 5) is 33.4. The van der Waals surface area contributed by atoms with Crippen LogP contribution in [0.1, 0.15) is 33.7 Å². The van der Waals surface area contributed by atoms with Crippen molar-refractivity contribution in [2.45, 2.75) is 27.2 Å². The lowest BCUT2D eigenvalue weighted by Crippen LogP contribution is -2.14. The number of thiazole rings is 2. The molecule has 3 heterocycles. The molecule has 26 heavy (non-hydrogen) atoms. The molecule has 0 radical (unpaired) electrons. The average molecular weight is 392 g/mol. The van der Waals surface area contributed by atoms with Crippen molar-refractivity contribution in [3.8, 4) is 5.13 Å². The summed E-state index contributed by atoms with van der Waals surface area (Å²) in [5.41, 5.74) is 1.32. The van der Waals surface area contributed by atoms with E-state index in [0.29, 0.717) is 28.3 Å². The molecule has 3 aromatic heterocycles. The van der Waals surface area contributed by atoms with Gasteiger partial charge in [-0.3, -0.25) is 14.9 Å². The number of carbonyl (C=O) groups is 2. The van der Waals surface area contributed by atoms with Crippen molar-refractivity contribution in [2.75, 3.05) is 11.9 Å². The number of ether oxygens (including phenoxy) is 1. The normalized spacial score (nSPS) is 10.7. The number of anilines is 1. The van der Waals surface area contributed by atoms with E-state index in [-0.39, 0.29) is 18.1 Å². The van der Waals surface area contributed by atoms with Crippen LogP contribution in [0.25, 0.3) is 5.13 Å². The number of rotatable bonds is 6. The number of hydrogen-bond donors (Lipinski definition) is 1. The minimum Gasteiger partial charge on any atom is -0.466 e. The van der Waals surface area contributed by atoms with Crippen molar-refractivity contribution in [1.29, 1.82) is 0 Å². The van der Waals surface area contributed by atoms with Gasteiger partial charge >= 0.3 is 5.97 Å². The molecule has 0 bridgehead atoms. The van der Waals surface area contributed by atoms with Crippen molar-refractivity contribution in [3.63, 3.8) is 0 Å². The Morgan fingerprint density at radius 1 is 1.35 bits per heavy atom. The Morgan fingerprint density at radius 3 is 2.85 bits per heavy atom. The van der Waals surface area contributed by atoms with Crippen LogP contribution in [-0.4, -0.2) is 43.4 Å². The largest absolute Gasteiger partial charge is 0.466 e. The van der Waals surface area contributed by atoms with E-state index in [1.165, 1.54) is 27.4 Å². The summed E-state index contributed by atoms with van der Waals surface area (Å²) < 4.78 is 6.41. The van der Waals surface area contributed by atoms with E-state index in [4.69, 9.17) is 4.74 Å². The molecule has 1 N–H and O–H groups in total. The zero-order chi connectivity index (χ0) is 18.7. The quantitative estimate of drug-likeness (QED) is 0.640. The molecule has 1 amide bonds. The van der Waals surface area contributed by atoms with Gasteiger partial charge in [-0.05, 0) is 20.8 Å². The minimum absolute atomic E-state index is 0.0683. The highest BCUT2D eigenvalue weighted by Gasteiger charge is 2.20. The molecule has 0 aliphatic heterocycles. The van der Waals surface area contributed by atoms with Crippen molar-refractivity contribution >= 4 is 39.7 Å². The second-order valence-electron chi connectivity index (χ2n) is 5.27. The molecule has 0 unspecified atom stereocenters. The van der Waals surface area contributed by atoms with Crippen LogP contribution in [0.3, 0.4) is 0 Å². The molecule has 3 rings (SSSR count). The van der Waals surface area contributed by atoms with Crippen molar-refractivity contribution < 1.29 is 14.3 Å². The molecule has 11 heteroatoms. The van der Waals surface area contributed by atoms with Gasteiger partial charge in [0.25, 0.3) is 5.91 Å². The fourth-order valence-corrected chi connectivity index (χ4v) is 3.59. The highest BCUT2D eigenvalue weighted by Crippen LogP contribution is 2.20. The molecular weight excluding hydrogens is 376 g/mol. The molecule has 0 saturated carbocycles. The lowest BCUT2D eigenvalue weighted by molar-refractivity contribution is -0.142. The molecule has 0 atom stereocenters. The molecule has 3 aromatic rings. The topological polar surface area (TPSA) is 112 Å². The number of aryl methyl sites for hydroxylation is 1. The van der Waals surface area contributed by atoms with E-state index in [1.807, 2.05) is 6.92 Å². The van der Waals surface area contributed by atoms with Gasteiger partial charge in [0.15, 0.2) is 10.8 Å². The number of amides is 1. The second kappa shape index (κ2) is 7.70. The van der Waals surface area contributed by atoms with Gasteiger partial charge in [-0.25, -0.2) is 9.97 Å². The first kappa shape index (κ1) is 18.1. The van der Waals surface area contributed by atoms with Gasteiger partial charge in [-0.2, -0.15) is 4.68 Å². The van der Waals surface area contributed by atoms with Crippen LogP contribution < -0.4 is 5.32 Å². The van der Waals surface area contributed by atoms with Gasteiger partial charge in [0.2, 0.25) is 5.13 Å². The van der Waals surface area contributed by atoms with Crippen LogP contribution >= 0.6 is 22.7 Å². The third-order valence-electron chi connectivity index (χ3n) is 3.30. The van der Waals surface area contributed by atoms with Crippen molar-refractivity contribution in [2.24, 2.45) is 0 Å². The van der Waals surface area contributed by atoms with Gasteiger partial charge in [0.1, 0.15) is 0 Å². The first-order valence-electron chi connectivity index (χ1n) is 7.74. The maximum Gasteiger partial charge on any atom is 0.311 e. The number of hydrogen-bond acceptors (Lipinski definition) is 9. The van der Waals surface area contributed by atoms with Crippen LogP contribution in [0.2, 0.25) is 0 Å². The number of aromatic nitrogens is 5. The Kier molecular flexibility index (Phi) is 5.38. The summed E-state index contributed by atoms with van der Waals surface area (Å²) in [5, 5.41) is 13.4. The van der Waals surface area contributed by atoms with Gasteiger partial charge < -0.3 is 4.74 Å². The highest BCUT2D eigenvalue weighted by molar-refractivity contribution is 7.14. The van der Waals surface area contributed by atoms with E-state index < -0.39 is 5.91 Å². The monoisotopic (exact) mass is 392 g/mol. The average Bonchev–Trinajstić information content (AvgIpc) is 3.28. The number of carbonyl (C=O) groups excluding carboxylic acids is 2. The summed E-state index contributed by atoms with van der Waals surface area (Å²) in [6.07, 6.45) is 1.81. The van der Waals surface area contributed by atoms with Crippen LogP contribution in [0.15, 0.2) is 11.6 Å². The van der Waals surface area contributed by atoms with E-state index in [9.17, 15) is 9.59 Å². The van der Waals surface area contributed by atoms with E-state index in [2.05, 4.69) is 25.6 Å². The number of esters is 1. The van der Waals surface area contributed by atoms with Crippen molar-refractivity contribution in [1.82, 2.24) is 25.0 Å². The minimum atomic E-state index is -0.418.